The van der Waals surface area contributed by atoms with Crippen molar-refractivity contribution in [3.63, 3.8) is 0 Å². The molecule has 20 heavy (non-hydrogen) atoms. The lowest BCUT2D eigenvalue weighted by Gasteiger charge is -2.24. The smallest absolute Gasteiger partial charge is 0.236 e. The van der Waals surface area contributed by atoms with Gasteiger partial charge in [-0.1, -0.05) is 30.3 Å². The van der Waals surface area contributed by atoms with Crippen LogP contribution in [0.2, 0.25) is 0 Å². The molecule has 4 nitrogen and oxygen atoms in total. The number of nitrogens with one attached hydrogen (secondary N) is 1. The lowest BCUT2D eigenvalue weighted by molar-refractivity contribution is -0.131. The molecule has 0 bridgehead atoms. The van der Waals surface area contributed by atoms with Crippen LogP contribution in [-0.2, 0) is 11.3 Å². The van der Waals surface area contributed by atoms with Crippen molar-refractivity contribution in [3.05, 3.63) is 35.9 Å². The highest BCUT2D eigenvalue weighted by atomic mass is 16.2. The quantitative estimate of drug-likeness (QED) is 0.851. The topological polar surface area (TPSA) is 35.6 Å². The fourth-order valence-corrected chi connectivity index (χ4v) is 2.65. The summed E-state index contributed by atoms with van der Waals surface area (Å²) in [6, 6.07) is 10.7. The van der Waals surface area contributed by atoms with Crippen LogP contribution in [0.4, 0.5) is 0 Å². The third kappa shape index (κ3) is 4.62. The summed E-state index contributed by atoms with van der Waals surface area (Å²) >= 11 is 0. The molecular formula is C16H25N3O. The SMILES string of the molecule is CN(CC(=O)N(C)Cc1ccccc1)CC1CCCN1. The van der Waals surface area contributed by atoms with Gasteiger partial charge in [-0.25, -0.2) is 0 Å². The minimum absolute atomic E-state index is 0.175. The number of amides is 1. The molecule has 0 aliphatic carbocycles. The van der Waals surface area contributed by atoms with Gasteiger partial charge in [-0.2, -0.15) is 0 Å². The summed E-state index contributed by atoms with van der Waals surface area (Å²) in [6.07, 6.45) is 2.47. The van der Waals surface area contributed by atoms with E-state index in [9.17, 15) is 4.79 Å². The predicted molar refractivity (Wildman–Crippen MR) is 81.4 cm³/mol. The van der Waals surface area contributed by atoms with Crippen LogP contribution in [-0.4, -0.2) is 55.5 Å². The van der Waals surface area contributed by atoms with Crippen LogP contribution in [0.5, 0.6) is 0 Å². The van der Waals surface area contributed by atoms with E-state index in [0.717, 1.165) is 13.1 Å². The Balaban J connectivity index is 1.75. The van der Waals surface area contributed by atoms with Crippen molar-refractivity contribution in [1.29, 1.82) is 0 Å². The Kier molecular flexibility index (Phi) is 5.56. The molecule has 4 heteroatoms. The second kappa shape index (κ2) is 7.41. The van der Waals surface area contributed by atoms with E-state index < -0.39 is 0 Å². The van der Waals surface area contributed by atoms with Gasteiger partial charge < -0.3 is 10.2 Å². The van der Waals surface area contributed by atoms with Gasteiger partial charge in [0.1, 0.15) is 0 Å². The maximum absolute atomic E-state index is 12.2. The first kappa shape index (κ1) is 15.0. The van der Waals surface area contributed by atoms with Gasteiger partial charge in [-0.15, -0.1) is 0 Å². The van der Waals surface area contributed by atoms with Crippen LogP contribution in [0.3, 0.4) is 0 Å². The second-order valence-corrected chi connectivity index (χ2v) is 5.73. The maximum atomic E-state index is 12.2. The highest BCUT2D eigenvalue weighted by Gasteiger charge is 2.18. The summed E-state index contributed by atoms with van der Waals surface area (Å²) in [6.45, 7) is 3.22. The van der Waals surface area contributed by atoms with Crippen molar-refractivity contribution >= 4 is 5.91 Å². The average molecular weight is 275 g/mol. The molecule has 2 rings (SSSR count). The number of hydrogen-bond acceptors (Lipinski definition) is 3. The van der Waals surface area contributed by atoms with Crippen molar-refractivity contribution in [1.82, 2.24) is 15.1 Å². The predicted octanol–water partition coefficient (Wildman–Crippen LogP) is 1.33. The van der Waals surface area contributed by atoms with E-state index in [2.05, 4.69) is 22.3 Å². The second-order valence-electron chi connectivity index (χ2n) is 5.73. The molecule has 1 fully saturated rings. The van der Waals surface area contributed by atoms with E-state index in [0.29, 0.717) is 19.1 Å². The van der Waals surface area contributed by atoms with Crippen LogP contribution >= 0.6 is 0 Å². The van der Waals surface area contributed by atoms with Crippen molar-refractivity contribution in [2.45, 2.75) is 25.4 Å². The highest BCUT2D eigenvalue weighted by Crippen LogP contribution is 2.07. The van der Waals surface area contributed by atoms with Crippen molar-refractivity contribution in [2.24, 2.45) is 0 Å². The minimum atomic E-state index is 0.175. The van der Waals surface area contributed by atoms with Crippen LogP contribution in [0.15, 0.2) is 30.3 Å². The lowest BCUT2D eigenvalue weighted by atomic mass is 10.2. The first-order chi connectivity index (χ1) is 9.65. The average Bonchev–Trinajstić information content (AvgIpc) is 2.92. The highest BCUT2D eigenvalue weighted by molar-refractivity contribution is 5.77. The summed E-state index contributed by atoms with van der Waals surface area (Å²) in [7, 11) is 3.89. The summed E-state index contributed by atoms with van der Waals surface area (Å²) in [5.41, 5.74) is 1.17. The molecule has 1 amide bonds. The molecule has 1 N–H and O–H groups in total. The van der Waals surface area contributed by atoms with E-state index in [4.69, 9.17) is 0 Å². The zero-order chi connectivity index (χ0) is 14.4. The number of rotatable bonds is 6. The van der Waals surface area contributed by atoms with Crippen LogP contribution in [0, 0.1) is 0 Å². The van der Waals surface area contributed by atoms with Gasteiger partial charge in [0, 0.05) is 26.2 Å². The number of carbonyl (C=O) groups excluding carboxylic acids is 1. The Bertz CT molecular complexity index is 415. The summed E-state index contributed by atoms with van der Waals surface area (Å²) in [5, 5.41) is 3.46. The van der Waals surface area contributed by atoms with Gasteiger partial charge in [0.15, 0.2) is 0 Å². The van der Waals surface area contributed by atoms with E-state index in [1.807, 2.05) is 32.3 Å². The van der Waals surface area contributed by atoms with Gasteiger partial charge in [-0.3, -0.25) is 9.69 Å². The largest absolute Gasteiger partial charge is 0.340 e. The molecule has 110 valence electrons. The minimum Gasteiger partial charge on any atom is -0.340 e. The first-order valence-electron chi connectivity index (χ1n) is 7.35. The summed E-state index contributed by atoms with van der Waals surface area (Å²) in [4.78, 5) is 16.1. The third-order valence-corrected chi connectivity index (χ3v) is 3.79. The number of hydrogen-bond donors (Lipinski definition) is 1. The van der Waals surface area contributed by atoms with Crippen molar-refractivity contribution < 1.29 is 4.79 Å². The van der Waals surface area contributed by atoms with Gasteiger partial charge in [-0.05, 0) is 32.0 Å². The van der Waals surface area contributed by atoms with Gasteiger partial charge in [0.2, 0.25) is 5.91 Å². The van der Waals surface area contributed by atoms with E-state index in [-0.39, 0.29) is 5.91 Å². The Morgan fingerprint density at radius 2 is 2.05 bits per heavy atom. The molecule has 1 aliphatic heterocycles. The molecule has 0 radical (unpaired) electrons. The fourth-order valence-electron chi connectivity index (χ4n) is 2.65. The Hall–Kier alpha value is -1.39. The van der Waals surface area contributed by atoms with E-state index in [1.54, 1.807) is 4.90 Å². The van der Waals surface area contributed by atoms with Gasteiger partial charge in [0.05, 0.1) is 6.54 Å². The Morgan fingerprint density at radius 1 is 1.30 bits per heavy atom. The lowest BCUT2D eigenvalue weighted by Crippen LogP contribution is -2.41. The summed E-state index contributed by atoms with van der Waals surface area (Å²) < 4.78 is 0. The van der Waals surface area contributed by atoms with Crippen LogP contribution in [0.1, 0.15) is 18.4 Å². The third-order valence-electron chi connectivity index (χ3n) is 3.79. The molecule has 1 unspecified atom stereocenters. The molecule has 0 saturated carbocycles. The molecule has 1 atom stereocenters. The Labute approximate surface area is 121 Å². The standard InChI is InChI=1S/C16H25N3O/c1-18(12-15-9-6-10-17-15)13-16(20)19(2)11-14-7-4-3-5-8-14/h3-5,7-8,15,17H,6,9-13H2,1-2H3. The molecule has 1 heterocycles. The van der Waals surface area contributed by atoms with Crippen LogP contribution < -0.4 is 5.32 Å². The molecular weight excluding hydrogens is 250 g/mol. The fraction of sp³-hybridized carbons (Fsp3) is 0.562. The molecule has 0 spiro atoms. The van der Waals surface area contributed by atoms with E-state index >= 15 is 0 Å². The number of carbonyl (C=O) groups is 1. The van der Waals surface area contributed by atoms with E-state index in [1.165, 1.54) is 18.4 Å². The van der Waals surface area contributed by atoms with Crippen molar-refractivity contribution in [2.75, 3.05) is 33.7 Å². The molecule has 1 aliphatic rings. The molecule has 0 aromatic heterocycles. The molecule has 1 aromatic rings. The molecule has 1 saturated heterocycles. The van der Waals surface area contributed by atoms with Gasteiger partial charge >= 0.3 is 0 Å². The Morgan fingerprint density at radius 3 is 2.70 bits per heavy atom. The first-order valence-corrected chi connectivity index (χ1v) is 7.35. The van der Waals surface area contributed by atoms with Gasteiger partial charge in [0.25, 0.3) is 0 Å². The zero-order valence-corrected chi connectivity index (χ0v) is 12.5. The van der Waals surface area contributed by atoms with Crippen LogP contribution in [0.25, 0.3) is 0 Å². The number of nitrogens with zero attached hydrogens (tertiary/aromatic N) is 2. The maximum Gasteiger partial charge on any atom is 0.236 e. The summed E-state index contributed by atoms with van der Waals surface area (Å²) in [5.74, 6) is 0.175. The van der Waals surface area contributed by atoms with Crippen molar-refractivity contribution in [3.8, 4) is 0 Å². The normalized spacial score (nSPS) is 18.4. The molecule has 1 aromatic carbocycles. The number of benzene rings is 1. The zero-order valence-electron chi connectivity index (χ0n) is 12.5. The monoisotopic (exact) mass is 275 g/mol. The number of likely N-dealkylation sites (N-methyl/N-ethyl adjacent to an activating group) is 2.